The Balaban J connectivity index is 2.24. The molecule has 0 unspecified atom stereocenters. The monoisotopic (exact) mass is 190 g/mol. The van der Waals surface area contributed by atoms with Crippen molar-refractivity contribution in [3.8, 4) is 0 Å². The van der Waals surface area contributed by atoms with Crippen molar-refractivity contribution >= 4 is 15.9 Å². The smallest absolute Gasteiger partial charge is 0.103 e. The number of halogens is 1. The first-order valence-corrected chi connectivity index (χ1v) is 4.09. The van der Waals surface area contributed by atoms with Gasteiger partial charge in [-0.25, -0.2) is 0 Å². The van der Waals surface area contributed by atoms with Crippen LogP contribution in [0.4, 0.5) is 0 Å². The number of hydrogen-bond acceptors (Lipinski definition) is 1. The first kappa shape index (κ1) is 7.29. The van der Waals surface area contributed by atoms with Crippen molar-refractivity contribution < 1.29 is 4.74 Å². The molecular weight excluding hydrogens is 180 g/mol. The van der Waals surface area contributed by atoms with Gasteiger partial charge in [-0.3, -0.25) is 0 Å². The molecule has 0 bridgehead atoms. The van der Waals surface area contributed by atoms with Gasteiger partial charge in [0, 0.05) is 0 Å². The largest absolute Gasteiger partial charge is 0.365 e. The summed E-state index contributed by atoms with van der Waals surface area (Å²) in [6, 6.07) is 0. The predicted molar refractivity (Wildman–Crippen MR) is 41.6 cm³/mol. The molecule has 0 aromatic heterocycles. The van der Waals surface area contributed by atoms with Crippen LogP contribution in [-0.4, -0.2) is 12.2 Å². The Bertz CT molecular complexity index is 120. The lowest BCUT2D eigenvalue weighted by Gasteiger charge is -1.92. The lowest BCUT2D eigenvalue weighted by Crippen LogP contribution is -1.99. The van der Waals surface area contributed by atoms with Crippen LogP contribution in [0.3, 0.4) is 0 Å². The zero-order valence-electron chi connectivity index (χ0n) is 5.67. The van der Waals surface area contributed by atoms with E-state index in [1.807, 2.05) is 11.1 Å². The fourth-order valence-electron chi connectivity index (χ4n) is 0.899. The maximum absolute atomic E-state index is 5.30. The van der Waals surface area contributed by atoms with Crippen molar-refractivity contribution in [1.82, 2.24) is 0 Å². The summed E-state index contributed by atoms with van der Waals surface area (Å²) in [5.74, 6) is 0.652. The molecule has 0 saturated carbocycles. The minimum atomic E-state index is 0.379. The zero-order valence-corrected chi connectivity index (χ0v) is 7.26. The second-order valence-corrected chi connectivity index (χ2v) is 3.16. The lowest BCUT2D eigenvalue weighted by molar-refractivity contribution is 0.345. The molecular formula is C7H11BrO. The summed E-state index contributed by atoms with van der Waals surface area (Å²) in [7, 11) is 0. The molecule has 1 rings (SSSR count). The van der Waals surface area contributed by atoms with Gasteiger partial charge in [-0.05, 0) is 17.0 Å². The number of hydrogen-bond donors (Lipinski definition) is 0. The van der Waals surface area contributed by atoms with Gasteiger partial charge in [-0.15, -0.1) is 0 Å². The third-order valence-electron chi connectivity index (χ3n) is 1.48. The van der Waals surface area contributed by atoms with Crippen molar-refractivity contribution in [2.45, 2.75) is 26.1 Å². The van der Waals surface area contributed by atoms with Crippen molar-refractivity contribution in [3.05, 3.63) is 11.1 Å². The summed E-state index contributed by atoms with van der Waals surface area (Å²) < 4.78 is 5.30. The molecule has 1 fully saturated rings. The minimum absolute atomic E-state index is 0.379. The van der Waals surface area contributed by atoms with Crippen LogP contribution >= 0.6 is 15.9 Å². The molecule has 0 radical (unpaired) electrons. The van der Waals surface area contributed by atoms with Gasteiger partial charge in [0.15, 0.2) is 0 Å². The van der Waals surface area contributed by atoms with E-state index >= 15 is 0 Å². The molecule has 9 heavy (non-hydrogen) atoms. The summed E-state index contributed by atoms with van der Waals surface area (Å²) in [5, 5.41) is 0. The molecule has 1 heterocycles. The summed E-state index contributed by atoms with van der Waals surface area (Å²) in [6.45, 7) is 4.35. The van der Waals surface area contributed by atoms with Crippen molar-refractivity contribution in [1.29, 1.82) is 0 Å². The van der Waals surface area contributed by atoms with E-state index in [-0.39, 0.29) is 0 Å². The van der Waals surface area contributed by atoms with Crippen LogP contribution in [0, 0.1) is 5.92 Å². The summed E-state index contributed by atoms with van der Waals surface area (Å²) in [5.41, 5.74) is 0. The second kappa shape index (κ2) is 2.84. The molecule has 0 spiro atoms. The van der Waals surface area contributed by atoms with E-state index in [4.69, 9.17) is 4.74 Å². The topological polar surface area (TPSA) is 12.5 Å². The van der Waals surface area contributed by atoms with Crippen LogP contribution < -0.4 is 0 Å². The van der Waals surface area contributed by atoms with E-state index < -0.39 is 0 Å². The highest BCUT2D eigenvalue weighted by Crippen LogP contribution is 2.30. The highest BCUT2D eigenvalue weighted by molar-refractivity contribution is 9.11. The Labute approximate surface area is 64.2 Å². The molecule has 0 aromatic rings. The van der Waals surface area contributed by atoms with Gasteiger partial charge in [0.1, 0.15) is 6.10 Å². The molecule has 0 aromatic carbocycles. The van der Waals surface area contributed by atoms with Gasteiger partial charge in [0.2, 0.25) is 0 Å². The Hall–Kier alpha value is 0.180. The van der Waals surface area contributed by atoms with Gasteiger partial charge < -0.3 is 4.74 Å². The highest BCUT2D eigenvalue weighted by atomic mass is 79.9. The van der Waals surface area contributed by atoms with Crippen molar-refractivity contribution in [3.63, 3.8) is 0 Å². The van der Waals surface area contributed by atoms with Gasteiger partial charge in [-0.1, -0.05) is 29.8 Å². The first-order chi connectivity index (χ1) is 4.25. The van der Waals surface area contributed by atoms with E-state index in [0.29, 0.717) is 18.1 Å². The fraction of sp³-hybridized carbons (Fsp3) is 0.714. The third kappa shape index (κ3) is 1.80. The molecule has 1 aliphatic heterocycles. The second-order valence-electron chi connectivity index (χ2n) is 2.63. The van der Waals surface area contributed by atoms with Crippen LogP contribution in [0.1, 0.15) is 13.8 Å². The molecule has 0 N–H and O–H groups in total. The standard InChI is InChI=1S/C7H11BrO/c1-5(2)7-6(9-7)3-4-8/h3-7H,1-2H3/b4-3+/t6-,7-/m0/s1. The average Bonchev–Trinajstić information content (AvgIpc) is 2.47. The van der Waals surface area contributed by atoms with Gasteiger partial charge in [0.25, 0.3) is 0 Å². The zero-order chi connectivity index (χ0) is 6.85. The number of ether oxygens (including phenoxy) is 1. The van der Waals surface area contributed by atoms with Crippen LogP contribution in [0.5, 0.6) is 0 Å². The minimum Gasteiger partial charge on any atom is -0.365 e. The van der Waals surface area contributed by atoms with Crippen LogP contribution in [0.2, 0.25) is 0 Å². The Morgan fingerprint density at radius 1 is 1.56 bits per heavy atom. The highest BCUT2D eigenvalue weighted by Gasteiger charge is 2.38. The van der Waals surface area contributed by atoms with Gasteiger partial charge >= 0.3 is 0 Å². The van der Waals surface area contributed by atoms with Crippen molar-refractivity contribution in [2.75, 3.05) is 0 Å². The molecule has 1 nitrogen and oxygen atoms in total. The van der Waals surface area contributed by atoms with Crippen LogP contribution in [-0.2, 0) is 4.74 Å². The Kier molecular flexibility index (Phi) is 2.30. The van der Waals surface area contributed by atoms with E-state index in [1.54, 1.807) is 0 Å². The first-order valence-electron chi connectivity index (χ1n) is 3.18. The summed E-state index contributed by atoms with van der Waals surface area (Å²) in [4.78, 5) is 1.86. The summed E-state index contributed by atoms with van der Waals surface area (Å²) in [6.07, 6.45) is 2.88. The molecule has 1 aliphatic rings. The van der Waals surface area contributed by atoms with E-state index in [2.05, 4.69) is 29.8 Å². The molecule has 0 aliphatic carbocycles. The van der Waals surface area contributed by atoms with E-state index in [1.165, 1.54) is 0 Å². The number of rotatable bonds is 2. The van der Waals surface area contributed by atoms with Crippen LogP contribution in [0.25, 0.3) is 0 Å². The maximum Gasteiger partial charge on any atom is 0.103 e. The molecule has 52 valence electrons. The quantitative estimate of drug-likeness (QED) is 0.610. The molecule has 1 saturated heterocycles. The summed E-state index contributed by atoms with van der Waals surface area (Å²) >= 11 is 3.21. The fourth-order valence-corrected chi connectivity index (χ4v) is 1.20. The van der Waals surface area contributed by atoms with E-state index in [9.17, 15) is 0 Å². The molecule has 2 atom stereocenters. The average molecular weight is 191 g/mol. The maximum atomic E-state index is 5.30. The normalized spacial score (nSPS) is 34.2. The van der Waals surface area contributed by atoms with E-state index in [0.717, 1.165) is 0 Å². The van der Waals surface area contributed by atoms with Gasteiger partial charge in [-0.2, -0.15) is 0 Å². The van der Waals surface area contributed by atoms with Gasteiger partial charge in [0.05, 0.1) is 6.10 Å². The molecule has 2 heteroatoms. The SMILES string of the molecule is CC(C)[C@@H]1O[C@H]1/C=C/Br. The molecule has 0 amide bonds. The predicted octanol–water partition coefficient (Wildman–Crippen LogP) is 2.32. The van der Waals surface area contributed by atoms with Crippen LogP contribution in [0.15, 0.2) is 11.1 Å². The Morgan fingerprint density at radius 3 is 2.56 bits per heavy atom. The third-order valence-corrected chi connectivity index (χ3v) is 1.79. The number of epoxide rings is 1. The lowest BCUT2D eigenvalue weighted by atomic mass is 10.1. The Morgan fingerprint density at radius 2 is 2.22 bits per heavy atom. The van der Waals surface area contributed by atoms with Crippen molar-refractivity contribution in [2.24, 2.45) is 5.92 Å².